The fraction of sp³-hybridized carbons (Fsp3) is 0.267. The van der Waals surface area contributed by atoms with Crippen LogP contribution in [0.4, 0.5) is 0 Å². The number of hydrogen-bond acceptors (Lipinski definition) is 5. The second kappa shape index (κ2) is 7.56. The number of nitrogens with one attached hydrogen (secondary N) is 1. The molecule has 2 aromatic rings. The molecule has 0 fully saturated rings. The molecule has 1 amide bonds. The number of ether oxygens (including phenoxy) is 1. The minimum atomic E-state index is -0.448. The number of nitrogens with zero attached hydrogens (tertiary/aromatic N) is 2. The zero-order valence-electron chi connectivity index (χ0n) is 12.4. The highest BCUT2D eigenvalue weighted by Crippen LogP contribution is 2.22. The van der Waals surface area contributed by atoms with Crippen LogP contribution in [0.25, 0.3) is 5.13 Å². The lowest BCUT2D eigenvalue weighted by Crippen LogP contribution is -2.23. The van der Waals surface area contributed by atoms with Gasteiger partial charge in [0.25, 0.3) is 5.91 Å². The van der Waals surface area contributed by atoms with Crippen molar-refractivity contribution in [1.82, 2.24) is 14.9 Å². The van der Waals surface area contributed by atoms with Crippen molar-refractivity contribution in [3.8, 4) is 5.13 Å². The first-order valence-electron chi connectivity index (χ1n) is 6.81. The normalized spacial score (nSPS) is 10.8. The predicted molar refractivity (Wildman–Crippen MR) is 84.3 cm³/mol. The average Bonchev–Trinajstić information content (AvgIpc) is 3.19. The monoisotopic (exact) mass is 319 g/mol. The molecule has 0 bridgehead atoms. The molecule has 0 atom stereocenters. The number of hydrogen-bond donors (Lipinski definition) is 1. The van der Waals surface area contributed by atoms with Gasteiger partial charge < -0.3 is 14.6 Å². The summed E-state index contributed by atoms with van der Waals surface area (Å²) in [7, 11) is 1.30. The summed E-state index contributed by atoms with van der Waals surface area (Å²) < 4.78 is 6.35. The van der Waals surface area contributed by atoms with E-state index in [0.29, 0.717) is 11.3 Å². The Morgan fingerprint density at radius 3 is 2.77 bits per heavy atom. The van der Waals surface area contributed by atoms with Gasteiger partial charge in [-0.3, -0.25) is 4.79 Å². The van der Waals surface area contributed by atoms with Crippen LogP contribution in [0, 0.1) is 0 Å². The van der Waals surface area contributed by atoms with Gasteiger partial charge in [0.15, 0.2) is 5.13 Å². The third kappa shape index (κ3) is 3.82. The molecule has 0 saturated carbocycles. The smallest absolute Gasteiger partial charge is 0.330 e. The van der Waals surface area contributed by atoms with Crippen LogP contribution in [0.3, 0.4) is 0 Å². The molecular weight excluding hydrogens is 302 g/mol. The summed E-state index contributed by atoms with van der Waals surface area (Å²) in [6.45, 7) is 2.22. The SMILES string of the molecule is CCc1nc(-n2cccc2)sc1C(=O)NC/C=C/C(=O)OC. The van der Waals surface area contributed by atoms with Crippen LogP contribution in [0.15, 0.2) is 36.7 Å². The second-order valence-corrected chi connectivity index (χ2v) is 5.33. The van der Waals surface area contributed by atoms with E-state index in [1.54, 1.807) is 6.08 Å². The van der Waals surface area contributed by atoms with Gasteiger partial charge in [0.2, 0.25) is 0 Å². The zero-order valence-corrected chi connectivity index (χ0v) is 13.2. The van der Waals surface area contributed by atoms with E-state index in [0.717, 1.165) is 10.8 Å². The van der Waals surface area contributed by atoms with E-state index in [1.165, 1.54) is 24.5 Å². The highest BCUT2D eigenvalue weighted by atomic mass is 32.1. The van der Waals surface area contributed by atoms with Gasteiger partial charge in [0, 0.05) is 25.0 Å². The maximum Gasteiger partial charge on any atom is 0.330 e. The Labute approximate surface area is 132 Å². The fourth-order valence-corrected chi connectivity index (χ4v) is 2.82. The molecule has 1 N–H and O–H groups in total. The molecule has 0 aliphatic rings. The third-order valence-corrected chi connectivity index (χ3v) is 4.00. The van der Waals surface area contributed by atoms with Gasteiger partial charge >= 0.3 is 5.97 Å². The number of carbonyl (C=O) groups is 2. The van der Waals surface area contributed by atoms with E-state index < -0.39 is 5.97 Å². The number of carbonyl (C=O) groups excluding carboxylic acids is 2. The Balaban J connectivity index is 2.06. The van der Waals surface area contributed by atoms with Crippen LogP contribution < -0.4 is 5.32 Å². The van der Waals surface area contributed by atoms with E-state index >= 15 is 0 Å². The molecule has 6 nitrogen and oxygen atoms in total. The van der Waals surface area contributed by atoms with Gasteiger partial charge in [-0.1, -0.05) is 24.3 Å². The van der Waals surface area contributed by atoms with E-state index in [-0.39, 0.29) is 12.5 Å². The molecule has 0 saturated heterocycles. The van der Waals surface area contributed by atoms with E-state index in [4.69, 9.17) is 0 Å². The van der Waals surface area contributed by atoms with Crippen LogP contribution in [0.1, 0.15) is 22.3 Å². The van der Waals surface area contributed by atoms with Gasteiger partial charge in [-0.05, 0) is 18.6 Å². The number of rotatable bonds is 6. The van der Waals surface area contributed by atoms with Crippen molar-refractivity contribution in [2.75, 3.05) is 13.7 Å². The highest BCUT2D eigenvalue weighted by molar-refractivity contribution is 7.16. The van der Waals surface area contributed by atoms with Crippen molar-refractivity contribution in [2.45, 2.75) is 13.3 Å². The summed E-state index contributed by atoms with van der Waals surface area (Å²) in [5, 5.41) is 3.50. The molecule has 0 aliphatic carbocycles. The highest BCUT2D eigenvalue weighted by Gasteiger charge is 2.16. The maximum absolute atomic E-state index is 12.2. The minimum absolute atomic E-state index is 0.192. The molecule has 0 radical (unpaired) electrons. The first-order valence-corrected chi connectivity index (χ1v) is 7.63. The Morgan fingerprint density at radius 2 is 2.14 bits per heavy atom. The molecule has 2 aromatic heterocycles. The van der Waals surface area contributed by atoms with Crippen LogP contribution in [-0.4, -0.2) is 35.1 Å². The molecule has 22 heavy (non-hydrogen) atoms. The van der Waals surface area contributed by atoms with Crippen LogP contribution in [-0.2, 0) is 16.0 Å². The van der Waals surface area contributed by atoms with Crippen molar-refractivity contribution >= 4 is 23.2 Å². The van der Waals surface area contributed by atoms with Gasteiger partial charge in [0.1, 0.15) is 4.88 Å². The van der Waals surface area contributed by atoms with E-state index in [2.05, 4.69) is 15.0 Å². The number of amides is 1. The molecule has 7 heteroatoms. The number of esters is 1. The molecule has 0 aromatic carbocycles. The second-order valence-electron chi connectivity index (χ2n) is 4.35. The summed E-state index contributed by atoms with van der Waals surface area (Å²) in [4.78, 5) is 28.2. The van der Waals surface area contributed by atoms with Gasteiger partial charge in [-0.25, -0.2) is 9.78 Å². The van der Waals surface area contributed by atoms with Gasteiger partial charge in [-0.2, -0.15) is 0 Å². The summed E-state index contributed by atoms with van der Waals surface area (Å²) in [5.74, 6) is -0.640. The van der Waals surface area contributed by atoms with Crippen molar-refractivity contribution in [3.63, 3.8) is 0 Å². The third-order valence-electron chi connectivity index (χ3n) is 2.89. The first-order chi connectivity index (χ1) is 10.7. The number of methoxy groups -OCH3 is 1. The summed E-state index contributed by atoms with van der Waals surface area (Å²) in [6.07, 6.45) is 7.28. The van der Waals surface area contributed by atoms with Gasteiger partial charge in [-0.15, -0.1) is 0 Å². The van der Waals surface area contributed by atoms with Crippen LogP contribution in [0.5, 0.6) is 0 Å². The Kier molecular flexibility index (Phi) is 5.48. The predicted octanol–water partition coefficient (Wildman–Crippen LogP) is 1.96. The number of aryl methyl sites for hydroxylation is 1. The largest absolute Gasteiger partial charge is 0.466 e. The van der Waals surface area contributed by atoms with Crippen molar-refractivity contribution in [3.05, 3.63) is 47.2 Å². The van der Waals surface area contributed by atoms with Crippen molar-refractivity contribution < 1.29 is 14.3 Å². The summed E-state index contributed by atoms with van der Waals surface area (Å²) in [5.41, 5.74) is 0.767. The lowest BCUT2D eigenvalue weighted by molar-refractivity contribution is -0.134. The minimum Gasteiger partial charge on any atom is -0.466 e. The summed E-state index contributed by atoms with van der Waals surface area (Å²) in [6, 6.07) is 3.81. The fourth-order valence-electron chi connectivity index (χ4n) is 1.78. The Morgan fingerprint density at radius 1 is 1.41 bits per heavy atom. The maximum atomic E-state index is 12.2. The van der Waals surface area contributed by atoms with Crippen LogP contribution in [0.2, 0.25) is 0 Å². The molecule has 2 rings (SSSR count). The number of aromatic nitrogens is 2. The lowest BCUT2D eigenvalue weighted by atomic mass is 10.3. The number of thiazole rings is 1. The molecular formula is C15H17N3O3S. The Bertz CT molecular complexity index is 674. The quantitative estimate of drug-likeness (QED) is 0.652. The average molecular weight is 319 g/mol. The van der Waals surface area contributed by atoms with Crippen molar-refractivity contribution in [1.29, 1.82) is 0 Å². The molecule has 0 unspecified atom stereocenters. The standard InChI is InChI=1S/C15H17N3O3S/c1-3-11-13(14(20)16-8-6-7-12(19)21-2)22-15(17-11)18-9-4-5-10-18/h4-7,9-10H,3,8H2,1-2H3,(H,16,20)/b7-6+. The molecule has 2 heterocycles. The summed E-state index contributed by atoms with van der Waals surface area (Å²) >= 11 is 1.34. The Hall–Kier alpha value is -2.41. The first kappa shape index (κ1) is 16.0. The molecule has 0 aliphatic heterocycles. The van der Waals surface area contributed by atoms with Gasteiger partial charge in [0.05, 0.1) is 12.8 Å². The zero-order chi connectivity index (χ0) is 15.9. The molecule has 116 valence electrons. The van der Waals surface area contributed by atoms with E-state index in [9.17, 15) is 9.59 Å². The van der Waals surface area contributed by atoms with Crippen molar-refractivity contribution in [2.24, 2.45) is 0 Å². The van der Waals surface area contributed by atoms with E-state index in [1.807, 2.05) is 36.0 Å². The van der Waals surface area contributed by atoms with Crippen LogP contribution >= 0.6 is 11.3 Å². The lowest BCUT2D eigenvalue weighted by Gasteiger charge is -2.00. The topological polar surface area (TPSA) is 73.2 Å². The molecule has 0 spiro atoms.